The van der Waals surface area contributed by atoms with Crippen molar-refractivity contribution >= 4 is 27.2 Å². The van der Waals surface area contributed by atoms with Gasteiger partial charge in [0, 0.05) is 32.7 Å². The summed E-state index contributed by atoms with van der Waals surface area (Å²) in [5.41, 5.74) is 2.58. The fraction of sp³-hybridized carbons (Fsp3) is 0.500. The van der Waals surface area contributed by atoms with E-state index in [1.54, 1.807) is 0 Å². The van der Waals surface area contributed by atoms with Gasteiger partial charge in [-0.15, -0.1) is 0 Å². The summed E-state index contributed by atoms with van der Waals surface area (Å²) >= 11 is -0.150. The Hall–Kier alpha value is 0.484. The second-order valence-electron chi connectivity index (χ2n) is 4.52. The Morgan fingerprint density at radius 3 is 2.53 bits per heavy atom. The number of alkyl halides is 1. The number of carbonyl (C=O) groups is 1. The molecule has 0 N–H and O–H groups in total. The Balaban J connectivity index is 0.00000324. The molecule has 0 aliphatic heterocycles. The first-order chi connectivity index (χ1) is 8.49. The van der Waals surface area contributed by atoms with Crippen LogP contribution in [0.2, 0.25) is 0 Å². The van der Waals surface area contributed by atoms with E-state index in [9.17, 15) is 4.79 Å². The van der Waals surface area contributed by atoms with Crippen LogP contribution in [0.15, 0.2) is 18.2 Å². The Kier molecular flexibility index (Phi) is 9.67. The number of rotatable bonds is 5. The van der Waals surface area contributed by atoms with Crippen LogP contribution in [-0.4, -0.2) is 43.0 Å². The molecule has 3 nitrogen and oxygen atoms in total. The molecule has 0 saturated carbocycles. The molecular formula is C14H22INO2Y. The summed E-state index contributed by atoms with van der Waals surface area (Å²) in [4.78, 5) is 16.0. The Morgan fingerprint density at radius 1 is 1.42 bits per heavy atom. The van der Waals surface area contributed by atoms with Crippen molar-refractivity contribution in [1.82, 2.24) is 4.90 Å². The van der Waals surface area contributed by atoms with E-state index in [2.05, 4.69) is 30.1 Å². The predicted molar refractivity (Wildman–Crippen MR) is 84.4 cm³/mol. The van der Waals surface area contributed by atoms with Crippen LogP contribution in [0.25, 0.3) is 0 Å². The van der Waals surface area contributed by atoms with Gasteiger partial charge < -0.3 is 0 Å². The smallest absolute Gasteiger partial charge is 0 e. The standard InChI is InChI=1S/C14H22INO2.Y/c1-10-6-7-11(12(8-10)15-2)9-13(16(3)4)14(17)18-5;/h6-8,13,15H,9H2,1-5H3;. The zero-order valence-corrected chi connectivity index (χ0v) is 17.4. The zero-order chi connectivity index (χ0) is 13.7. The van der Waals surface area contributed by atoms with E-state index in [0.29, 0.717) is 0 Å². The number of halogens is 1. The number of esters is 1. The van der Waals surface area contributed by atoms with Crippen LogP contribution in [-0.2, 0) is 48.7 Å². The Labute approximate surface area is 151 Å². The van der Waals surface area contributed by atoms with Crippen LogP contribution in [0.4, 0.5) is 0 Å². The van der Waals surface area contributed by atoms with E-state index in [1.165, 1.54) is 21.8 Å². The van der Waals surface area contributed by atoms with E-state index in [1.807, 2.05) is 19.0 Å². The molecule has 0 saturated heterocycles. The van der Waals surface area contributed by atoms with E-state index >= 15 is 0 Å². The second-order valence-corrected chi connectivity index (χ2v) is 6.94. The summed E-state index contributed by atoms with van der Waals surface area (Å²) in [5, 5.41) is 0. The molecule has 1 unspecified atom stereocenters. The first kappa shape index (κ1) is 19.5. The van der Waals surface area contributed by atoms with Crippen molar-refractivity contribution in [3.63, 3.8) is 0 Å². The summed E-state index contributed by atoms with van der Waals surface area (Å²) in [6.07, 6.45) is 0.730. The minimum atomic E-state index is -0.199. The van der Waals surface area contributed by atoms with Gasteiger partial charge in [0.2, 0.25) is 0 Å². The summed E-state index contributed by atoms with van der Waals surface area (Å²) in [5.74, 6) is -0.164. The molecule has 0 aliphatic carbocycles. The molecule has 0 spiro atoms. The van der Waals surface area contributed by atoms with E-state index in [-0.39, 0.29) is 65.9 Å². The van der Waals surface area contributed by atoms with Gasteiger partial charge in [0.1, 0.15) is 0 Å². The van der Waals surface area contributed by atoms with Crippen molar-refractivity contribution in [2.45, 2.75) is 19.4 Å². The molecule has 5 heteroatoms. The SMILES string of the molecule is COC(=O)C(Cc1ccc(C)cc1[IH]C)N(C)C.[Y]. The number of aryl methyl sites for hydroxylation is 1. The number of methoxy groups -OCH3 is 1. The van der Waals surface area contributed by atoms with Crippen LogP contribution >= 0.6 is 21.2 Å². The fourth-order valence-corrected chi connectivity index (χ4v) is 3.89. The van der Waals surface area contributed by atoms with Gasteiger partial charge in [-0.05, 0) is 0 Å². The second kappa shape index (κ2) is 9.43. The number of nitrogens with zero attached hydrogens (tertiary/aromatic N) is 1. The molecule has 1 rings (SSSR count). The number of carbonyl (C=O) groups excluding carboxylic acids is 1. The summed E-state index contributed by atoms with van der Waals surface area (Å²) in [6, 6.07) is 6.32. The van der Waals surface area contributed by atoms with Crippen LogP contribution in [0.1, 0.15) is 11.1 Å². The van der Waals surface area contributed by atoms with Gasteiger partial charge in [0.25, 0.3) is 0 Å². The zero-order valence-electron chi connectivity index (χ0n) is 12.3. The van der Waals surface area contributed by atoms with E-state index in [4.69, 9.17) is 4.74 Å². The average Bonchev–Trinajstić information content (AvgIpc) is 2.35. The Morgan fingerprint density at radius 2 is 2.05 bits per heavy atom. The topological polar surface area (TPSA) is 29.5 Å². The molecule has 105 valence electrons. The largest absolute Gasteiger partial charge is 0 e. The summed E-state index contributed by atoms with van der Waals surface area (Å²) in [7, 11) is 5.28. The maximum atomic E-state index is 11.8. The van der Waals surface area contributed by atoms with Gasteiger partial charge in [-0.1, -0.05) is 0 Å². The van der Waals surface area contributed by atoms with Crippen molar-refractivity contribution in [3.8, 4) is 0 Å². The number of benzene rings is 1. The van der Waals surface area contributed by atoms with Gasteiger partial charge in [-0.3, -0.25) is 0 Å². The fourth-order valence-electron chi connectivity index (χ4n) is 1.84. The molecule has 0 amide bonds. The maximum Gasteiger partial charge on any atom is 0 e. The molecule has 0 aliphatic rings. The van der Waals surface area contributed by atoms with Crippen LogP contribution in [0.3, 0.4) is 0 Å². The molecule has 1 aromatic rings. The molecule has 0 bridgehead atoms. The van der Waals surface area contributed by atoms with Gasteiger partial charge >= 0.3 is 120 Å². The van der Waals surface area contributed by atoms with Crippen molar-refractivity contribution in [1.29, 1.82) is 0 Å². The monoisotopic (exact) mass is 452 g/mol. The van der Waals surface area contributed by atoms with Crippen molar-refractivity contribution < 1.29 is 42.2 Å². The third kappa shape index (κ3) is 5.78. The van der Waals surface area contributed by atoms with E-state index < -0.39 is 0 Å². The number of hydrogen-bond donors (Lipinski definition) is 0. The first-order valence-corrected chi connectivity index (χ1v) is 9.37. The average molecular weight is 452 g/mol. The van der Waals surface area contributed by atoms with Gasteiger partial charge in [0.05, 0.1) is 0 Å². The van der Waals surface area contributed by atoms with Gasteiger partial charge in [-0.25, -0.2) is 0 Å². The molecule has 1 radical (unpaired) electrons. The third-order valence-electron chi connectivity index (χ3n) is 2.95. The molecule has 0 fully saturated rings. The van der Waals surface area contributed by atoms with Crippen molar-refractivity contribution in [2.24, 2.45) is 0 Å². The van der Waals surface area contributed by atoms with Crippen molar-refractivity contribution in [2.75, 3.05) is 26.1 Å². The number of likely N-dealkylation sites (N-methyl/N-ethyl adjacent to an activating group) is 1. The minimum absolute atomic E-state index is 0. The van der Waals surface area contributed by atoms with E-state index in [0.717, 1.165) is 6.42 Å². The summed E-state index contributed by atoms with van der Waals surface area (Å²) < 4.78 is 6.31. The normalized spacial score (nSPS) is 12.1. The Bertz CT molecular complexity index is 424. The first-order valence-electron chi connectivity index (χ1n) is 5.87. The molecule has 1 aromatic carbocycles. The number of hydrogen-bond acceptors (Lipinski definition) is 3. The number of ether oxygens (including phenoxy) is 1. The third-order valence-corrected chi connectivity index (χ3v) is 5.29. The predicted octanol–water partition coefficient (Wildman–Crippen LogP) is 2.14. The van der Waals surface area contributed by atoms with Crippen LogP contribution < -0.4 is 0 Å². The summed E-state index contributed by atoms with van der Waals surface area (Å²) in [6.45, 7) is 2.11. The maximum absolute atomic E-state index is 11.8. The minimum Gasteiger partial charge on any atom is 0 e. The molecule has 0 heterocycles. The molecule has 0 aromatic heterocycles. The molecule has 1 atom stereocenters. The van der Waals surface area contributed by atoms with Crippen molar-refractivity contribution in [3.05, 3.63) is 32.9 Å². The quantitative estimate of drug-likeness (QED) is 0.390. The van der Waals surface area contributed by atoms with Gasteiger partial charge in [0.15, 0.2) is 0 Å². The van der Waals surface area contributed by atoms with Gasteiger partial charge in [-0.2, -0.15) is 0 Å². The van der Waals surface area contributed by atoms with Crippen LogP contribution in [0, 0.1) is 10.5 Å². The molecular weight excluding hydrogens is 430 g/mol. The van der Waals surface area contributed by atoms with Crippen LogP contribution in [0.5, 0.6) is 0 Å². The molecule has 19 heavy (non-hydrogen) atoms.